The molecule has 9 nitrogen and oxygen atoms in total. The van der Waals surface area contributed by atoms with E-state index in [9.17, 15) is 9.59 Å². The normalized spacial score (nSPS) is 13.2. The summed E-state index contributed by atoms with van der Waals surface area (Å²) in [7, 11) is 2.99. The van der Waals surface area contributed by atoms with Crippen LogP contribution in [0.15, 0.2) is 35.1 Å². The first kappa shape index (κ1) is 18.7. The lowest BCUT2D eigenvalue weighted by Gasteiger charge is -2.13. The minimum atomic E-state index is -0.390. The summed E-state index contributed by atoms with van der Waals surface area (Å²) in [4.78, 5) is 31.9. The Morgan fingerprint density at radius 1 is 1.24 bits per heavy atom. The maximum atomic E-state index is 13.0. The highest BCUT2D eigenvalue weighted by atomic mass is 16.5. The number of aromatic nitrogens is 4. The van der Waals surface area contributed by atoms with E-state index in [1.54, 1.807) is 25.1 Å². The number of benzene rings is 1. The zero-order valence-corrected chi connectivity index (χ0v) is 16.4. The Morgan fingerprint density at radius 3 is 2.69 bits per heavy atom. The van der Waals surface area contributed by atoms with E-state index in [1.807, 2.05) is 6.07 Å². The van der Waals surface area contributed by atoms with Gasteiger partial charge in [-0.3, -0.25) is 14.6 Å². The largest absolute Gasteiger partial charge is 0.493 e. The van der Waals surface area contributed by atoms with Gasteiger partial charge in [0.05, 0.1) is 25.5 Å². The number of nitrogens with one attached hydrogen (secondary N) is 2. The molecule has 0 spiro atoms. The molecular weight excluding hydrogens is 374 g/mol. The van der Waals surface area contributed by atoms with Crippen LogP contribution in [0.5, 0.6) is 11.5 Å². The van der Waals surface area contributed by atoms with Gasteiger partial charge in [-0.2, -0.15) is 9.78 Å². The van der Waals surface area contributed by atoms with Gasteiger partial charge >= 0.3 is 0 Å². The number of H-pyrrole nitrogens is 1. The van der Waals surface area contributed by atoms with Gasteiger partial charge in [-0.05, 0) is 31.9 Å². The number of para-hydroxylation sites is 1. The number of amides is 1. The number of aryl methyl sites for hydroxylation is 1. The number of ether oxygens (including phenoxy) is 2. The van der Waals surface area contributed by atoms with Crippen molar-refractivity contribution in [1.29, 1.82) is 0 Å². The summed E-state index contributed by atoms with van der Waals surface area (Å²) in [5.74, 6) is 1.42. The monoisotopic (exact) mass is 395 g/mol. The van der Waals surface area contributed by atoms with Crippen LogP contribution in [0.3, 0.4) is 0 Å². The Hall–Kier alpha value is -3.62. The van der Waals surface area contributed by atoms with Crippen LogP contribution in [-0.2, 0) is 0 Å². The Kier molecular flexibility index (Phi) is 4.79. The van der Waals surface area contributed by atoms with Crippen molar-refractivity contribution in [3.05, 3.63) is 57.6 Å². The molecule has 0 atom stereocenters. The van der Waals surface area contributed by atoms with Gasteiger partial charge in [0.2, 0.25) is 5.95 Å². The summed E-state index contributed by atoms with van der Waals surface area (Å²) in [6, 6.07) is 8.28. The van der Waals surface area contributed by atoms with Crippen molar-refractivity contribution in [2.24, 2.45) is 0 Å². The summed E-state index contributed by atoms with van der Waals surface area (Å²) in [5, 5.41) is 7.42. The van der Waals surface area contributed by atoms with Crippen molar-refractivity contribution in [2.75, 3.05) is 19.5 Å². The molecule has 9 heteroatoms. The molecule has 1 aromatic carbocycles. The van der Waals surface area contributed by atoms with Crippen molar-refractivity contribution in [2.45, 2.75) is 25.7 Å². The Morgan fingerprint density at radius 2 is 2.03 bits per heavy atom. The van der Waals surface area contributed by atoms with Gasteiger partial charge in [-0.15, -0.1) is 0 Å². The number of hydrogen-bond acceptors (Lipinski definition) is 6. The highest BCUT2D eigenvalue weighted by Crippen LogP contribution is 2.40. The van der Waals surface area contributed by atoms with Gasteiger partial charge in [0.15, 0.2) is 11.5 Å². The van der Waals surface area contributed by atoms with Crippen LogP contribution in [0.4, 0.5) is 5.82 Å². The van der Waals surface area contributed by atoms with E-state index in [2.05, 4.69) is 20.4 Å². The van der Waals surface area contributed by atoms with Crippen LogP contribution < -0.4 is 20.3 Å². The molecule has 0 bridgehead atoms. The third-order valence-corrected chi connectivity index (χ3v) is 4.67. The smallest absolute Gasteiger partial charge is 0.260 e. The molecule has 150 valence electrons. The van der Waals surface area contributed by atoms with Crippen LogP contribution in [0.25, 0.3) is 5.95 Å². The number of carbonyl (C=O) groups excluding carboxylic acids is 1. The second-order valence-corrected chi connectivity index (χ2v) is 6.85. The van der Waals surface area contributed by atoms with E-state index in [-0.39, 0.29) is 17.4 Å². The van der Waals surface area contributed by atoms with E-state index in [0.717, 1.165) is 18.5 Å². The summed E-state index contributed by atoms with van der Waals surface area (Å²) in [6.45, 7) is 1.73. The van der Waals surface area contributed by atoms with Crippen LogP contribution in [-0.4, -0.2) is 39.9 Å². The molecule has 2 heterocycles. The molecule has 0 unspecified atom stereocenters. The highest BCUT2D eigenvalue weighted by molar-refractivity contribution is 6.06. The number of anilines is 1. The van der Waals surface area contributed by atoms with Gasteiger partial charge in [-0.25, -0.2) is 4.98 Å². The minimum Gasteiger partial charge on any atom is -0.493 e. The third-order valence-electron chi connectivity index (χ3n) is 4.67. The van der Waals surface area contributed by atoms with Gasteiger partial charge in [0.25, 0.3) is 11.5 Å². The van der Waals surface area contributed by atoms with Crippen molar-refractivity contribution in [3.8, 4) is 17.4 Å². The van der Waals surface area contributed by atoms with Crippen LogP contribution in [0.2, 0.25) is 0 Å². The molecule has 2 N–H and O–H groups in total. The third kappa shape index (κ3) is 3.71. The average Bonchev–Trinajstić information content (AvgIpc) is 3.47. The lowest BCUT2D eigenvalue weighted by molar-refractivity contribution is 0.102. The minimum absolute atomic E-state index is 0.245. The molecule has 29 heavy (non-hydrogen) atoms. The number of methoxy groups -OCH3 is 2. The van der Waals surface area contributed by atoms with Crippen molar-refractivity contribution in [1.82, 2.24) is 19.7 Å². The maximum Gasteiger partial charge on any atom is 0.260 e. The average molecular weight is 395 g/mol. The van der Waals surface area contributed by atoms with E-state index >= 15 is 0 Å². The lowest BCUT2D eigenvalue weighted by atomic mass is 10.1. The molecule has 4 rings (SSSR count). The Bertz CT molecular complexity index is 1130. The molecule has 1 saturated carbocycles. The number of nitrogens with zero attached hydrogens (tertiary/aromatic N) is 3. The Balaban J connectivity index is 1.74. The van der Waals surface area contributed by atoms with Crippen LogP contribution >= 0.6 is 0 Å². The second-order valence-electron chi connectivity index (χ2n) is 6.85. The van der Waals surface area contributed by atoms with E-state index in [0.29, 0.717) is 34.5 Å². The first-order valence-corrected chi connectivity index (χ1v) is 9.20. The standard InChI is InChI=1S/C20H21N5O4/c1-11-9-17(26)23-20(21-11)25-16(10-14(24-25)12-7-8-12)22-19(27)13-5-4-6-15(28-2)18(13)29-3/h4-6,9-10,12H,7-8H2,1-3H3,(H,22,27)(H,21,23,26). The van der Waals surface area contributed by atoms with Crippen LogP contribution in [0, 0.1) is 6.92 Å². The molecular formula is C20H21N5O4. The molecule has 0 saturated heterocycles. The predicted octanol–water partition coefficient (Wildman–Crippen LogP) is 2.41. The summed E-state index contributed by atoms with van der Waals surface area (Å²) in [6.07, 6.45) is 2.09. The quantitative estimate of drug-likeness (QED) is 0.663. The molecule has 2 aromatic heterocycles. The fourth-order valence-corrected chi connectivity index (χ4v) is 3.14. The number of aromatic amines is 1. The number of carbonyl (C=O) groups is 1. The Labute approximate surface area is 166 Å². The number of rotatable bonds is 6. The molecule has 0 radical (unpaired) electrons. The SMILES string of the molecule is COc1cccc(C(=O)Nc2cc(C3CC3)nn2-c2nc(C)cc(=O)[nH]2)c1OC. The first-order valence-electron chi connectivity index (χ1n) is 9.20. The molecule has 3 aromatic rings. The molecule has 1 amide bonds. The predicted molar refractivity (Wildman–Crippen MR) is 106 cm³/mol. The topological polar surface area (TPSA) is 111 Å². The molecule has 1 aliphatic rings. The molecule has 1 fully saturated rings. The van der Waals surface area contributed by atoms with Crippen molar-refractivity contribution < 1.29 is 14.3 Å². The van der Waals surface area contributed by atoms with Gasteiger partial charge < -0.3 is 14.8 Å². The second kappa shape index (κ2) is 7.42. The highest BCUT2D eigenvalue weighted by Gasteiger charge is 2.29. The zero-order valence-electron chi connectivity index (χ0n) is 16.4. The maximum absolute atomic E-state index is 13.0. The van der Waals surface area contributed by atoms with E-state index in [1.165, 1.54) is 25.0 Å². The molecule has 1 aliphatic carbocycles. The first-order chi connectivity index (χ1) is 14.0. The van der Waals surface area contributed by atoms with Crippen molar-refractivity contribution >= 4 is 11.7 Å². The molecule has 0 aliphatic heterocycles. The lowest BCUT2D eigenvalue weighted by Crippen LogP contribution is -2.19. The fourth-order valence-electron chi connectivity index (χ4n) is 3.14. The van der Waals surface area contributed by atoms with Crippen molar-refractivity contribution in [3.63, 3.8) is 0 Å². The van der Waals surface area contributed by atoms with Gasteiger partial charge in [0.1, 0.15) is 5.82 Å². The van der Waals surface area contributed by atoms with Crippen LogP contribution in [0.1, 0.15) is 40.5 Å². The van der Waals surface area contributed by atoms with Gasteiger partial charge in [0, 0.05) is 23.7 Å². The van der Waals surface area contributed by atoms with E-state index in [4.69, 9.17) is 9.47 Å². The summed E-state index contributed by atoms with van der Waals surface area (Å²) >= 11 is 0. The summed E-state index contributed by atoms with van der Waals surface area (Å²) < 4.78 is 12.1. The summed E-state index contributed by atoms with van der Waals surface area (Å²) in [5.41, 5.74) is 1.43. The fraction of sp³-hybridized carbons (Fsp3) is 0.300. The van der Waals surface area contributed by atoms with E-state index < -0.39 is 0 Å². The number of hydrogen-bond donors (Lipinski definition) is 2. The zero-order chi connectivity index (χ0) is 20.5. The van der Waals surface area contributed by atoms with Gasteiger partial charge in [-0.1, -0.05) is 6.07 Å².